The zero-order chi connectivity index (χ0) is 14.9. The van der Waals surface area contributed by atoms with Crippen molar-refractivity contribution in [1.82, 2.24) is 4.90 Å². The van der Waals surface area contributed by atoms with Crippen LogP contribution in [0.5, 0.6) is 11.5 Å². The summed E-state index contributed by atoms with van der Waals surface area (Å²) in [6, 6.07) is 3.49. The Kier molecular flexibility index (Phi) is 3.78. The van der Waals surface area contributed by atoms with Gasteiger partial charge in [0.2, 0.25) is 0 Å². The van der Waals surface area contributed by atoms with Crippen molar-refractivity contribution >= 4 is 5.91 Å². The number of phenols is 1. The van der Waals surface area contributed by atoms with Gasteiger partial charge in [0.05, 0.1) is 12.7 Å². The largest absolute Gasteiger partial charge is 0.507 e. The molecule has 20 heavy (non-hydrogen) atoms. The van der Waals surface area contributed by atoms with E-state index >= 15 is 0 Å². The first-order valence-electron chi connectivity index (χ1n) is 6.06. The van der Waals surface area contributed by atoms with Gasteiger partial charge in [-0.3, -0.25) is 4.79 Å². The zero-order valence-electron chi connectivity index (χ0n) is 10.8. The Morgan fingerprint density at radius 3 is 2.60 bits per heavy atom. The van der Waals surface area contributed by atoms with E-state index in [1.807, 2.05) is 0 Å². The molecule has 1 N–H and O–H groups in total. The Labute approximate surface area is 113 Å². The molecule has 1 amide bonds. The van der Waals surface area contributed by atoms with E-state index in [0.717, 1.165) is 4.90 Å². The number of phenolic OH excluding ortho intramolecular Hbond substituents is 1. The smallest absolute Gasteiger partial charge is 0.406 e. The van der Waals surface area contributed by atoms with E-state index in [-0.39, 0.29) is 11.3 Å². The van der Waals surface area contributed by atoms with Gasteiger partial charge in [-0.2, -0.15) is 13.2 Å². The van der Waals surface area contributed by atoms with E-state index in [2.05, 4.69) is 0 Å². The number of benzene rings is 1. The molecule has 0 aliphatic heterocycles. The fourth-order valence-electron chi connectivity index (χ4n) is 1.91. The minimum absolute atomic E-state index is 0.180. The third kappa shape index (κ3) is 3.34. The van der Waals surface area contributed by atoms with Crippen LogP contribution in [0.1, 0.15) is 23.2 Å². The molecule has 1 aliphatic rings. The van der Waals surface area contributed by atoms with Crippen LogP contribution < -0.4 is 4.74 Å². The molecular weight excluding hydrogens is 275 g/mol. The topological polar surface area (TPSA) is 49.8 Å². The SMILES string of the molecule is COc1ccc(O)c(C(=O)N(CC(F)(F)F)C2CC2)c1. The Hall–Kier alpha value is -1.92. The predicted octanol–water partition coefficient (Wildman–Crippen LogP) is 2.57. The van der Waals surface area contributed by atoms with Gasteiger partial charge in [-0.15, -0.1) is 0 Å². The van der Waals surface area contributed by atoms with Crippen molar-refractivity contribution in [3.8, 4) is 11.5 Å². The average molecular weight is 289 g/mol. The fraction of sp³-hybridized carbons (Fsp3) is 0.462. The number of hydrogen-bond donors (Lipinski definition) is 1. The second-order valence-corrected chi connectivity index (χ2v) is 4.66. The molecule has 0 aromatic heterocycles. The summed E-state index contributed by atoms with van der Waals surface area (Å²) >= 11 is 0. The number of halogens is 3. The molecule has 2 rings (SSSR count). The van der Waals surface area contributed by atoms with Gasteiger partial charge >= 0.3 is 6.18 Å². The number of carbonyl (C=O) groups is 1. The van der Waals surface area contributed by atoms with Crippen LogP contribution in [-0.4, -0.2) is 41.8 Å². The van der Waals surface area contributed by atoms with Crippen LogP contribution >= 0.6 is 0 Å². The van der Waals surface area contributed by atoms with Crippen molar-refractivity contribution in [3.63, 3.8) is 0 Å². The van der Waals surface area contributed by atoms with Gasteiger partial charge < -0.3 is 14.7 Å². The molecule has 0 radical (unpaired) electrons. The highest BCUT2D eigenvalue weighted by Gasteiger charge is 2.41. The molecule has 4 nitrogen and oxygen atoms in total. The minimum atomic E-state index is -4.47. The van der Waals surface area contributed by atoms with Crippen LogP contribution in [0.25, 0.3) is 0 Å². The normalized spacial score (nSPS) is 15.0. The van der Waals surface area contributed by atoms with Crippen LogP contribution in [0.3, 0.4) is 0 Å². The molecule has 0 bridgehead atoms. The number of carbonyl (C=O) groups excluding carboxylic acids is 1. The molecule has 0 unspecified atom stereocenters. The molecule has 1 aliphatic carbocycles. The van der Waals surface area contributed by atoms with Crippen molar-refractivity contribution in [2.75, 3.05) is 13.7 Å². The zero-order valence-corrected chi connectivity index (χ0v) is 10.8. The summed E-state index contributed by atoms with van der Waals surface area (Å²) in [6.07, 6.45) is -3.37. The van der Waals surface area contributed by atoms with Gasteiger partial charge in [0, 0.05) is 6.04 Å². The number of aromatic hydroxyl groups is 1. The first-order chi connectivity index (χ1) is 9.31. The quantitative estimate of drug-likeness (QED) is 0.926. The maximum absolute atomic E-state index is 12.5. The first-order valence-corrected chi connectivity index (χ1v) is 6.06. The van der Waals surface area contributed by atoms with Gasteiger partial charge in [-0.25, -0.2) is 0 Å². The van der Waals surface area contributed by atoms with E-state index in [0.29, 0.717) is 18.6 Å². The highest BCUT2D eigenvalue weighted by Crippen LogP contribution is 2.33. The highest BCUT2D eigenvalue weighted by molar-refractivity contribution is 5.97. The van der Waals surface area contributed by atoms with E-state index in [4.69, 9.17) is 4.74 Å². The monoisotopic (exact) mass is 289 g/mol. The summed E-state index contributed by atoms with van der Waals surface area (Å²) in [7, 11) is 1.37. The molecule has 110 valence electrons. The van der Waals surface area contributed by atoms with Crippen LogP contribution in [0.2, 0.25) is 0 Å². The van der Waals surface area contributed by atoms with E-state index in [1.54, 1.807) is 0 Å². The standard InChI is InChI=1S/C13H14F3NO3/c1-20-9-4-5-11(18)10(6-9)12(19)17(8-2-3-8)7-13(14,15)16/h4-6,8,18H,2-3,7H2,1H3. The number of amides is 1. The lowest BCUT2D eigenvalue weighted by Gasteiger charge is -2.24. The molecule has 1 fully saturated rings. The van der Waals surface area contributed by atoms with Crippen molar-refractivity contribution in [2.24, 2.45) is 0 Å². The second-order valence-electron chi connectivity index (χ2n) is 4.66. The molecule has 0 heterocycles. The van der Waals surface area contributed by atoms with Crippen molar-refractivity contribution < 1.29 is 27.8 Å². The average Bonchev–Trinajstić information content (AvgIpc) is 3.19. The Morgan fingerprint density at radius 1 is 1.45 bits per heavy atom. The third-order valence-corrected chi connectivity index (χ3v) is 3.03. The molecule has 0 saturated heterocycles. The number of nitrogens with zero attached hydrogens (tertiary/aromatic N) is 1. The fourth-order valence-corrected chi connectivity index (χ4v) is 1.91. The van der Waals surface area contributed by atoms with Gasteiger partial charge in [0.15, 0.2) is 0 Å². The van der Waals surface area contributed by atoms with E-state index in [1.165, 1.54) is 25.3 Å². The number of rotatable bonds is 4. The van der Waals surface area contributed by atoms with Gasteiger partial charge in [0.1, 0.15) is 18.0 Å². The van der Waals surface area contributed by atoms with Crippen LogP contribution in [0, 0.1) is 0 Å². The summed E-state index contributed by atoms with van der Waals surface area (Å²) in [6.45, 7) is -1.31. The Bertz CT molecular complexity index is 512. The summed E-state index contributed by atoms with van der Waals surface area (Å²) in [5, 5.41) is 9.67. The second kappa shape index (κ2) is 5.22. The third-order valence-electron chi connectivity index (χ3n) is 3.03. The minimum Gasteiger partial charge on any atom is -0.507 e. The van der Waals surface area contributed by atoms with Gasteiger partial charge in [0.25, 0.3) is 5.91 Å². The lowest BCUT2D eigenvalue weighted by Crippen LogP contribution is -2.40. The number of ether oxygens (including phenoxy) is 1. The molecule has 7 heteroatoms. The van der Waals surface area contributed by atoms with Crippen molar-refractivity contribution in [3.05, 3.63) is 23.8 Å². The Morgan fingerprint density at radius 2 is 2.10 bits per heavy atom. The molecular formula is C13H14F3NO3. The lowest BCUT2D eigenvalue weighted by molar-refractivity contribution is -0.141. The van der Waals surface area contributed by atoms with Crippen molar-refractivity contribution in [1.29, 1.82) is 0 Å². The van der Waals surface area contributed by atoms with Gasteiger partial charge in [-0.05, 0) is 31.0 Å². The summed E-state index contributed by atoms with van der Waals surface area (Å²) in [4.78, 5) is 13.0. The maximum atomic E-state index is 12.5. The first kappa shape index (κ1) is 14.5. The van der Waals surface area contributed by atoms with E-state index < -0.39 is 24.7 Å². The highest BCUT2D eigenvalue weighted by atomic mass is 19.4. The van der Waals surface area contributed by atoms with E-state index in [9.17, 15) is 23.1 Å². The molecule has 0 spiro atoms. The molecule has 1 aromatic rings. The van der Waals surface area contributed by atoms with Crippen LogP contribution in [-0.2, 0) is 0 Å². The number of hydrogen-bond acceptors (Lipinski definition) is 3. The summed E-state index contributed by atoms with van der Waals surface area (Å²) < 4.78 is 42.5. The van der Waals surface area contributed by atoms with Crippen LogP contribution in [0.4, 0.5) is 13.2 Å². The summed E-state index contributed by atoms with van der Waals surface area (Å²) in [5.74, 6) is -0.890. The van der Waals surface area contributed by atoms with Crippen LogP contribution in [0.15, 0.2) is 18.2 Å². The number of methoxy groups -OCH3 is 1. The molecule has 0 atom stereocenters. The van der Waals surface area contributed by atoms with Gasteiger partial charge in [-0.1, -0.05) is 0 Å². The predicted molar refractivity (Wildman–Crippen MR) is 64.8 cm³/mol. The Balaban J connectivity index is 2.27. The molecule has 1 aromatic carbocycles. The maximum Gasteiger partial charge on any atom is 0.406 e. The number of alkyl halides is 3. The summed E-state index contributed by atoms with van der Waals surface area (Å²) in [5.41, 5.74) is -0.180. The van der Waals surface area contributed by atoms with Crippen molar-refractivity contribution in [2.45, 2.75) is 25.1 Å². The lowest BCUT2D eigenvalue weighted by atomic mass is 10.1. The molecule has 1 saturated carbocycles.